The number of ether oxygens (including phenoxy) is 1. The molecule has 17 heavy (non-hydrogen) atoms. The molecule has 0 unspecified atom stereocenters. The Hall–Kier alpha value is -1.31. The van der Waals surface area contributed by atoms with Crippen LogP contribution in [0, 0.1) is 0 Å². The smallest absolute Gasteiger partial charge is 0.422 e. The molecule has 0 aliphatic carbocycles. The van der Waals surface area contributed by atoms with E-state index in [4.69, 9.17) is 0 Å². The van der Waals surface area contributed by atoms with Gasteiger partial charge in [-0.15, -0.1) is 11.3 Å². The minimum absolute atomic E-state index is 0.188. The Morgan fingerprint density at radius 3 is 2.71 bits per heavy atom. The highest BCUT2D eigenvalue weighted by Crippen LogP contribution is 2.21. The van der Waals surface area contributed by atoms with E-state index in [9.17, 15) is 18.0 Å². The van der Waals surface area contributed by atoms with Crippen molar-refractivity contribution in [1.29, 1.82) is 0 Å². The highest BCUT2D eigenvalue weighted by atomic mass is 32.1. The van der Waals surface area contributed by atoms with Crippen LogP contribution in [0.5, 0.6) is 0 Å². The third kappa shape index (κ3) is 5.03. The molecule has 1 aromatic rings. The first-order valence-electron chi connectivity index (χ1n) is 4.74. The van der Waals surface area contributed by atoms with Crippen LogP contribution in [0.25, 0.3) is 0 Å². The third-order valence-corrected chi connectivity index (χ3v) is 2.47. The summed E-state index contributed by atoms with van der Waals surface area (Å²) in [6, 6.07) is 0. The van der Waals surface area contributed by atoms with E-state index in [2.05, 4.69) is 15.0 Å². The number of hydrogen-bond acceptors (Lipinski definition) is 4. The first-order chi connectivity index (χ1) is 7.78. The van der Waals surface area contributed by atoms with Gasteiger partial charge in [0.05, 0.1) is 5.69 Å². The second-order valence-electron chi connectivity index (χ2n) is 3.55. The van der Waals surface area contributed by atoms with Crippen LogP contribution in [-0.2, 0) is 4.74 Å². The molecule has 8 heteroatoms. The number of carbonyl (C=O) groups is 1. The highest BCUT2D eigenvalue weighted by molar-refractivity contribution is 7.13. The lowest BCUT2D eigenvalue weighted by Gasteiger charge is -2.07. The maximum absolute atomic E-state index is 11.7. The van der Waals surface area contributed by atoms with Gasteiger partial charge in [0, 0.05) is 5.38 Å². The quantitative estimate of drug-likeness (QED) is 0.914. The predicted molar refractivity (Wildman–Crippen MR) is 57.2 cm³/mol. The number of nitrogens with zero attached hydrogens (tertiary/aromatic N) is 1. The van der Waals surface area contributed by atoms with Gasteiger partial charge in [0.15, 0.2) is 11.7 Å². The third-order valence-electron chi connectivity index (χ3n) is 1.69. The van der Waals surface area contributed by atoms with E-state index in [1.807, 2.05) is 13.8 Å². The molecule has 1 aromatic heterocycles. The van der Waals surface area contributed by atoms with Crippen molar-refractivity contribution in [2.45, 2.75) is 25.9 Å². The summed E-state index contributed by atoms with van der Waals surface area (Å²) in [6.45, 7) is 2.23. The van der Waals surface area contributed by atoms with E-state index in [0.29, 0.717) is 0 Å². The Balaban J connectivity index is 2.45. The number of halogens is 3. The lowest BCUT2D eigenvalue weighted by molar-refractivity contribution is -0.159. The number of rotatable bonds is 3. The van der Waals surface area contributed by atoms with Crippen molar-refractivity contribution in [3.63, 3.8) is 0 Å². The summed E-state index contributed by atoms with van der Waals surface area (Å²) in [5, 5.41) is 4.09. The first kappa shape index (κ1) is 13.8. The van der Waals surface area contributed by atoms with Gasteiger partial charge >= 0.3 is 12.3 Å². The van der Waals surface area contributed by atoms with Gasteiger partial charge in [0.2, 0.25) is 0 Å². The summed E-state index contributed by atoms with van der Waals surface area (Å²) in [5.41, 5.74) is 0.765. The Labute approximate surface area is 99.8 Å². The second-order valence-corrected chi connectivity index (χ2v) is 4.41. The first-order valence-corrected chi connectivity index (χ1v) is 5.62. The molecule has 0 spiro atoms. The van der Waals surface area contributed by atoms with Gasteiger partial charge in [-0.25, -0.2) is 9.78 Å². The summed E-state index contributed by atoms with van der Waals surface area (Å²) in [5.74, 6) is 0.188. The summed E-state index contributed by atoms with van der Waals surface area (Å²) < 4.78 is 39.2. The predicted octanol–water partition coefficient (Wildman–Crippen LogP) is 3.38. The van der Waals surface area contributed by atoms with Crippen LogP contribution < -0.4 is 5.32 Å². The van der Waals surface area contributed by atoms with Crippen LogP contribution in [0.3, 0.4) is 0 Å². The molecule has 0 saturated carbocycles. The molecule has 96 valence electrons. The number of amides is 1. The Morgan fingerprint density at radius 2 is 2.24 bits per heavy atom. The fourth-order valence-electron chi connectivity index (χ4n) is 0.880. The monoisotopic (exact) mass is 268 g/mol. The zero-order chi connectivity index (χ0) is 13.1. The van der Waals surface area contributed by atoms with Gasteiger partial charge in [-0.05, 0) is 5.92 Å². The van der Waals surface area contributed by atoms with Crippen LogP contribution >= 0.6 is 11.3 Å². The van der Waals surface area contributed by atoms with Crippen molar-refractivity contribution >= 4 is 22.6 Å². The number of carbonyl (C=O) groups excluding carboxylic acids is 1. The molecule has 0 aliphatic rings. The minimum Gasteiger partial charge on any atom is -0.440 e. The number of anilines is 1. The SMILES string of the molecule is CC(C)c1csc(NC(=O)OCC(F)(F)F)n1. The van der Waals surface area contributed by atoms with Crippen LogP contribution in [0.2, 0.25) is 0 Å². The van der Waals surface area contributed by atoms with Crippen LogP contribution in [0.4, 0.5) is 23.1 Å². The maximum Gasteiger partial charge on any atom is 0.422 e. The highest BCUT2D eigenvalue weighted by Gasteiger charge is 2.29. The van der Waals surface area contributed by atoms with Gasteiger partial charge in [-0.2, -0.15) is 13.2 Å². The minimum atomic E-state index is -4.52. The Kier molecular flexibility index (Phi) is 4.33. The Morgan fingerprint density at radius 1 is 1.59 bits per heavy atom. The molecule has 0 bridgehead atoms. The molecule has 0 saturated heterocycles. The lowest BCUT2D eigenvalue weighted by atomic mass is 10.2. The molecular weight excluding hydrogens is 257 g/mol. The van der Waals surface area contributed by atoms with Crippen molar-refractivity contribution < 1.29 is 22.7 Å². The van der Waals surface area contributed by atoms with E-state index < -0.39 is 18.9 Å². The van der Waals surface area contributed by atoms with E-state index in [1.54, 1.807) is 5.38 Å². The molecule has 0 aliphatic heterocycles. The summed E-state index contributed by atoms with van der Waals surface area (Å²) in [7, 11) is 0. The number of hydrogen-bond donors (Lipinski definition) is 1. The summed E-state index contributed by atoms with van der Waals surface area (Å²) >= 11 is 1.14. The largest absolute Gasteiger partial charge is 0.440 e. The van der Waals surface area contributed by atoms with Crippen molar-refractivity contribution in [3.8, 4) is 0 Å². The van der Waals surface area contributed by atoms with Crippen molar-refractivity contribution in [1.82, 2.24) is 4.98 Å². The number of nitrogens with one attached hydrogen (secondary N) is 1. The maximum atomic E-state index is 11.7. The van der Waals surface area contributed by atoms with E-state index in [-0.39, 0.29) is 11.0 Å². The topological polar surface area (TPSA) is 51.2 Å². The van der Waals surface area contributed by atoms with Gasteiger partial charge in [-0.1, -0.05) is 13.8 Å². The zero-order valence-electron chi connectivity index (χ0n) is 9.17. The molecule has 0 atom stereocenters. The fourth-order valence-corrected chi connectivity index (χ4v) is 1.74. The van der Waals surface area contributed by atoms with Crippen LogP contribution in [0.1, 0.15) is 25.5 Å². The molecule has 1 amide bonds. The zero-order valence-corrected chi connectivity index (χ0v) is 9.98. The normalized spacial score (nSPS) is 11.6. The standard InChI is InChI=1S/C9H11F3N2O2S/c1-5(2)6-3-17-7(13-6)14-8(15)16-4-9(10,11)12/h3,5H,4H2,1-2H3,(H,13,14,15). The van der Waals surface area contributed by atoms with Crippen molar-refractivity contribution in [2.75, 3.05) is 11.9 Å². The van der Waals surface area contributed by atoms with Crippen molar-refractivity contribution in [3.05, 3.63) is 11.1 Å². The summed E-state index contributed by atoms with van der Waals surface area (Å²) in [4.78, 5) is 15.0. The molecule has 4 nitrogen and oxygen atoms in total. The van der Waals surface area contributed by atoms with Crippen LogP contribution in [-0.4, -0.2) is 23.9 Å². The van der Waals surface area contributed by atoms with Gasteiger partial charge in [-0.3, -0.25) is 5.32 Å². The molecule has 0 fully saturated rings. The van der Waals surface area contributed by atoms with E-state index in [0.717, 1.165) is 17.0 Å². The van der Waals surface area contributed by atoms with Crippen LogP contribution in [0.15, 0.2) is 5.38 Å². The molecule has 1 N–H and O–H groups in total. The molecule has 1 rings (SSSR count). The number of alkyl halides is 3. The Bertz CT molecular complexity index is 390. The molecule has 0 radical (unpaired) electrons. The number of aromatic nitrogens is 1. The van der Waals surface area contributed by atoms with Gasteiger partial charge < -0.3 is 4.74 Å². The molecule has 1 heterocycles. The molecule has 0 aromatic carbocycles. The van der Waals surface area contributed by atoms with Gasteiger partial charge in [0.25, 0.3) is 0 Å². The average molecular weight is 268 g/mol. The molecular formula is C9H11F3N2O2S. The summed E-state index contributed by atoms with van der Waals surface area (Å²) in [6.07, 6.45) is -5.68. The number of thiazole rings is 1. The fraction of sp³-hybridized carbons (Fsp3) is 0.556. The second kappa shape index (κ2) is 5.35. The van der Waals surface area contributed by atoms with Crippen molar-refractivity contribution in [2.24, 2.45) is 0 Å². The van der Waals surface area contributed by atoms with E-state index >= 15 is 0 Å². The van der Waals surface area contributed by atoms with Gasteiger partial charge in [0.1, 0.15) is 0 Å². The lowest BCUT2D eigenvalue weighted by Crippen LogP contribution is -2.23. The van der Waals surface area contributed by atoms with E-state index in [1.165, 1.54) is 0 Å². The average Bonchev–Trinajstić information content (AvgIpc) is 2.62.